The number of hydrogen-bond acceptors (Lipinski definition) is 8. The van der Waals surface area contributed by atoms with Gasteiger partial charge in [0.2, 0.25) is 0 Å². The monoisotopic (exact) mass is 490 g/mol. The van der Waals surface area contributed by atoms with Gasteiger partial charge in [-0.1, -0.05) is 25.6 Å². The van der Waals surface area contributed by atoms with Crippen molar-refractivity contribution >= 4 is 45.1 Å². The van der Waals surface area contributed by atoms with Crippen LogP contribution in [0.4, 0.5) is 5.69 Å². The van der Waals surface area contributed by atoms with Crippen molar-refractivity contribution in [1.29, 1.82) is 0 Å². The number of benzene rings is 1. The normalized spacial score (nSPS) is 12.9. The number of carbonyl (C=O) groups excluding carboxylic acids is 1. The number of carbonyl (C=O) groups is 1. The lowest BCUT2D eigenvalue weighted by molar-refractivity contribution is 0.0771. The topological polar surface area (TPSA) is 125 Å². The molecule has 1 aromatic carbocycles. The van der Waals surface area contributed by atoms with Gasteiger partial charge in [-0.3, -0.25) is 4.79 Å². The Kier molecular flexibility index (Phi) is 9.54. The third kappa shape index (κ3) is 7.93. The number of anilines is 1. The quantitative estimate of drug-likeness (QED) is 0.416. The molecule has 0 aliphatic rings. The first kappa shape index (κ1) is 26.5. The minimum atomic E-state index is -3.30. The second kappa shape index (κ2) is 11.9. The average Bonchev–Trinajstić information content (AvgIpc) is 3.18. The Hall–Kier alpha value is -2.79. The Labute approximate surface area is 199 Å². The minimum absolute atomic E-state index is 0.0326. The summed E-state index contributed by atoms with van der Waals surface area (Å²) in [5.41, 5.74) is 7.29. The zero-order valence-electron chi connectivity index (χ0n) is 19.0. The number of aliphatic hydroxyl groups excluding tert-OH is 1. The predicted molar refractivity (Wildman–Crippen MR) is 135 cm³/mol. The third-order valence-corrected chi connectivity index (χ3v) is 6.86. The first-order valence-corrected chi connectivity index (χ1v) is 12.9. The molecule has 0 spiro atoms. The lowest BCUT2D eigenvalue weighted by Crippen LogP contribution is -2.28. The van der Waals surface area contributed by atoms with Crippen LogP contribution in [0.2, 0.25) is 0 Å². The molecule has 0 saturated heterocycles. The van der Waals surface area contributed by atoms with E-state index in [2.05, 4.69) is 16.9 Å². The maximum Gasteiger partial charge on any atom is 0.263 e. The van der Waals surface area contributed by atoms with Gasteiger partial charge < -0.3 is 21.1 Å². The lowest BCUT2D eigenvalue weighted by Gasteiger charge is -2.13. The predicted octanol–water partition coefficient (Wildman–Crippen LogP) is 2.98. The molecule has 178 valence electrons. The van der Waals surface area contributed by atoms with Crippen molar-refractivity contribution in [2.75, 3.05) is 31.8 Å². The number of hydrogen-bond donors (Lipinski definition) is 3. The van der Waals surface area contributed by atoms with Gasteiger partial charge in [0.05, 0.1) is 16.4 Å². The number of nitrogens with zero attached hydrogens (tertiary/aromatic N) is 2. The first-order valence-electron chi connectivity index (χ1n) is 10.2. The van der Waals surface area contributed by atoms with Crippen LogP contribution in [0.25, 0.3) is 6.08 Å². The SMILES string of the molecule is C=C(N=CC(C)/C=C\c1sc(C(=O)N(C)CCO)cc1CN)Nc1cccc(S(C)(=O)=O)c1. The zero-order valence-corrected chi connectivity index (χ0v) is 20.6. The van der Waals surface area contributed by atoms with Crippen LogP contribution < -0.4 is 11.1 Å². The van der Waals surface area contributed by atoms with Crippen molar-refractivity contribution in [2.45, 2.75) is 18.4 Å². The molecule has 1 heterocycles. The van der Waals surface area contributed by atoms with Crippen molar-refractivity contribution < 1.29 is 18.3 Å². The number of aliphatic imine (C=N–C) groups is 1. The van der Waals surface area contributed by atoms with E-state index < -0.39 is 9.84 Å². The van der Waals surface area contributed by atoms with Gasteiger partial charge in [-0.2, -0.15) is 0 Å². The molecule has 1 amide bonds. The summed E-state index contributed by atoms with van der Waals surface area (Å²) in [4.78, 5) is 19.9. The summed E-state index contributed by atoms with van der Waals surface area (Å²) in [6, 6.07) is 8.23. The Balaban J connectivity index is 2.04. The van der Waals surface area contributed by atoms with Gasteiger partial charge in [0.1, 0.15) is 5.82 Å². The second-order valence-corrected chi connectivity index (χ2v) is 10.6. The molecule has 1 aromatic heterocycles. The maximum atomic E-state index is 12.4. The summed E-state index contributed by atoms with van der Waals surface area (Å²) in [5.74, 6) is 0.189. The fourth-order valence-corrected chi connectivity index (χ4v) is 4.56. The fraction of sp³-hybridized carbons (Fsp3) is 0.304. The van der Waals surface area contributed by atoms with Gasteiger partial charge in [0.15, 0.2) is 9.84 Å². The van der Waals surface area contributed by atoms with Crippen molar-refractivity contribution in [3.63, 3.8) is 0 Å². The van der Waals surface area contributed by atoms with Gasteiger partial charge in [0.25, 0.3) is 5.91 Å². The number of aliphatic hydroxyl groups is 1. The summed E-state index contributed by atoms with van der Waals surface area (Å²) >= 11 is 1.35. The number of amides is 1. The molecular weight excluding hydrogens is 460 g/mol. The molecule has 10 heteroatoms. The highest BCUT2D eigenvalue weighted by atomic mass is 32.2. The Morgan fingerprint density at radius 1 is 1.39 bits per heavy atom. The Morgan fingerprint density at radius 2 is 2.12 bits per heavy atom. The number of likely N-dealkylation sites (N-methyl/N-ethyl adjacent to an activating group) is 1. The Morgan fingerprint density at radius 3 is 2.76 bits per heavy atom. The molecule has 0 fully saturated rings. The standard InChI is InChI=1S/C23H30N4O4S2/c1-16(15-25-17(2)26-19-6-5-7-20(13-19)33(4,30)31)8-9-21-18(14-24)12-22(32-21)23(29)27(3)10-11-28/h5-9,12-13,15-16,26,28H,2,10-11,14,24H2,1,3-4H3/b9-8-,25-15?. The van der Waals surface area contributed by atoms with Crippen LogP contribution in [0, 0.1) is 5.92 Å². The van der Waals surface area contributed by atoms with E-state index in [4.69, 9.17) is 10.8 Å². The van der Waals surface area contributed by atoms with Crippen LogP contribution in [0.15, 0.2) is 58.7 Å². The Bertz CT molecular complexity index is 1150. The molecule has 33 heavy (non-hydrogen) atoms. The van der Waals surface area contributed by atoms with Gasteiger partial charge in [-0.05, 0) is 35.9 Å². The first-order chi connectivity index (χ1) is 15.5. The maximum absolute atomic E-state index is 12.4. The number of rotatable bonds is 11. The van der Waals surface area contributed by atoms with E-state index in [1.54, 1.807) is 31.5 Å². The molecule has 8 nitrogen and oxygen atoms in total. The average molecular weight is 491 g/mol. The summed E-state index contributed by atoms with van der Waals surface area (Å²) in [5, 5.41) is 12.0. The second-order valence-electron chi connectivity index (χ2n) is 7.52. The van der Waals surface area contributed by atoms with Crippen molar-refractivity contribution in [3.05, 3.63) is 64.1 Å². The molecule has 1 atom stereocenters. The highest BCUT2D eigenvalue weighted by Gasteiger charge is 2.16. The van der Waals surface area contributed by atoms with E-state index in [1.165, 1.54) is 28.4 Å². The fourth-order valence-electron chi connectivity index (χ4n) is 2.79. The van der Waals surface area contributed by atoms with Gasteiger partial charge >= 0.3 is 0 Å². The third-order valence-electron chi connectivity index (χ3n) is 4.62. The van der Waals surface area contributed by atoms with Crippen LogP contribution in [0.5, 0.6) is 0 Å². The number of thiophene rings is 1. The lowest BCUT2D eigenvalue weighted by atomic mass is 10.1. The van der Waals surface area contributed by atoms with Crippen LogP contribution in [0.3, 0.4) is 0 Å². The van der Waals surface area contributed by atoms with E-state index in [0.717, 1.165) is 16.7 Å². The number of nitrogens with one attached hydrogen (secondary N) is 1. The molecule has 0 radical (unpaired) electrons. The van der Waals surface area contributed by atoms with Crippen molar-refractivity contribution in [3.8, 4) is 0 Å². The number of nitrogens with two attached hydrogens (primary N) is 1. The molecule has 0 aliphatic heterocycles. The van der Waals surface area contributed by atoms with Crippen molar-refractivity contribution in [2.24, 2.45) is 16.6 Å². The van der Waals surface area contributed by atoms with Crippen molar-refractivity contribution in [1.82, 2.24) is 4.90 Å². The molecular formula is C23H30N4O4S2. The van der Waals surface area contributed by atoms with Crippen LogP contribution >= 0.6 is 11.3 Å². The van der Waals surface area contributed by atoms with E-state index in [9.17, 15) is 13.2 Å². The van der Waals surface area contributed by atoms with Crippen LogP contribution in [-0.2, 0) is 16.4 Å². The van der Waals surface area contributed by atoms with Crippen LogP contribution in [0.1, 0.15) is 27.0 Å². The van der Waals surface area contributed by atoms with Gasteiger partial charge in [0, 0.05) is 49.1 Å². The summed E-state index contributed by atoms with van der Waals surface area (Å²) < 4.78 is 23.4. The number of sulfone groups is 1. The summed E-state index contributed by atoms with van der Waals surface area (Å²) in [6.45, 7) is 6.29. The van der Waals surface area contributed by atoms with E-state index >= 15 is 0 Å². The number of allylic oxidation sites excluding steroid dienone is 1. The molecule has 4 N–H and O–H groups in total. The highest BCUT2D eigenvalue weighted by molar-refractivity contribution is 7.90. The molecule has 2 rings (SSSR count). The van der Waals surface area contributed by atoms with E-state index in [1.807, 2.05) is 19.1 Å². The smallest absolute Gasteiger partial charge is 0.263 e. The molecule has 1 unspecified atom stereocenters. The zero-order chi connectivity index (χ0) is 24.6. The summed E-state index contributed by atoms with van der Waals surface area (Å²) in [6.07, 6.45) is 6.72. The molecule has 2 aromatic rings. The van der Waals surface area contributed by atoms with E-state index in [0.29, 0.717) is 22.9 Å². The molecule has 0 aliphatic carbocycles. The minimum Gasteiger partial charge on any atom is -0.395 e. The largest absolute Gasteiger partial charge is 0.395 e. The van der Waals surface area contributed by atoms with Crippen LogP contribution in [-0.4, -0.2) is 57.0 Å². The van der Waals surface area contributed by atoms with Gasteiger partial charge in [-0.15, -0.1) is 11.3 Å². The summed E-state index contributed by atoms with van der Waals surface area (Å²) in [7, 11) is -1.65. The molecule has 0 bridgehead atoms. The van der Waals surface area contributed by atoms with Gasteiger partial charge in [-0.25, -0.2) is 13.4 Å². The highest BCUT2D eigenvalue weighted by Crippen LogP contribution is 2.25. The van der Waals surface area contributed by atoms with E-state index in [-0.39, 0.29) is 29.9 Å². The molecule has 0 saturated carbocycles.